The van der Waals surface area contributed by atoms with Crippen molar-refractivity contribution in [1.82, 2.24) is 4.90 Å². The van der Waals surface area contributed by atoms with E-state index >= 15 is 0 Å². The van der Waals surface area contributed by atoms with Crippen molar-refractivity contribution in [3.05, 3.63) is 71.8 Å². The zero-order valence-corrected chi connectivity index (χ0v) is 13.3. The van der Waals surface area contributed by atoms with Gasteiger partial charge in [0.1, 0.15) is 12.1 Å². The Hall–Kier alpha value is -2.17. The second-order valence-corrected chi connectivity index (χ2v) is 5.98. The van der Waals surface area contributed by atoms with Crippen LogP contribution in [0.4, 0.5) is 0 Å². The molecule has 3 atom stereocenters. The van der Waals surface area contributed by atoms with Crippen LogP contribution in [0.3, 0.4) is 0 Å². The predicted molar refractivity (Wildman–Crippen MR) is 89.7 cm³/mol. The highest BCUT2D eigenvalue weighted by molar-refractivity contribution is 5.83. The number of morpholine rings is 1. The molecule has 1 aliphatic heterocycles. The predicted octanol–water partition coefficient (Wildman–Crippen LogP) is 2.68. The van der Waals surface area contributed by atoms with Gasteiger partial charge in [-0.3, -0.25) is 4.79 Å². The van der Waals surface area contributed by atoms with E-state index in [0.29, 0.717) is 13.1 Å². The van der Waals surface area contributed by atoms with Crippen LogP contribution in [-0.2, 0) is 9.53 Å². The minimum absolute atomic E-state index is 0.0131. The normalized spacial score (nSPS) is 22.6. The summed E-state index contributed by atoms with van der Waals surface area (Å²) < 4.78 is 6.00. The summed E-state index contributed by atoms with van der Waals surface area (Å²) in [6.07, 6.45) is -0.118. The quantitative estimate of drug-likeness (QED) is 0.948. The number of rotatable bonds is 3. The first-order valence-electron chi connectivity index (χ1n) is 7.95. The SMILES string of the molecule is CC1CN(C(=O)C(N)c2ccccc2)CC(c2ccccc2)O1. The molecule has 1 heterocycles. The molecule has 120 valence electrons. The van der Waals surface area contributed by atoms with Crippen molar-refractivity contribution in [2.24, 2.45) is 5.73 Å². The van der Waals surface area contributed by atoms with Crippen molar-refractivity contribution < 1.29 is 9.53 Å². The van der Waals surface area contributed by atoms with Crippen LogP contribution in [0.1, 0.15) is 30.2 Å². The fourth-order valence-corrected chi connectivity index (χ4v) is 2.98. The Morgan fingerprint density at radius 2 is 1.70 bits per heavy atom. The van der Waals surface area contributed by atoms with Gasteiger partial charge >= 0.3 is 0 Å². The summed E-state index contributed by atoms with van der Waals surface area (Å²) in [5.74, 6) is -0.0488. The molecule has 0 bridgehead atoms. The number of amides is 1. The van der Waals surface area contributed by atoms with E-state index in [0.717, 1.165) is 11.1 Å². The van der Waals surface area contributed by atoms with Crippen molar-refractivity contribution in [2.75, 3.05) is 13.1 Å². The van der Waals surface area contributed by atoms with Gasteiger partial charge in [-0.25, -0.2) is 0 Å². The molecule has 0 spiro atoms. The van der Waals surface area contributed by atoms with E-state index in [1.165, 1.54) is 0 Å². The Morgan fingerprint density at radius 3 is 2.35 bits per heavy atom. The van der Waals surface area contributed by atoms with E-state index in [2.05, 4.69) is 0 Å². The van der Waals surface area contributed by atoms with Crippen LogP contribution >= 0.6 is 0 Å². The smallest absolute Gasteiger partial charge is 0.244 e. The van der Waals surface area contributed by atoms with Crippen molar-refractivity contribution in [2.45, 2.75) is 25.2 Å². The first-order valence-corrected chi connectivity index (χ1v) is 7.95. The molecule has 1 fully saturated rings. The van der Waals surface area contributed by atoms with Crippen LogP contribution in [0.2, 0.25) is 0 Å². The number of hydrogen-bond donors (Lipinski definition) is 1. The van der Waals surface area contributed by atoms with E-state index in [1.54, 1.807) is 0 Å². The highest BCUT2D eigenvalue weighted by atomic mass is 16.5. The Kier molecular flexibility index (Phi) is 4.74. The van der Waals surface area contributed by atoms with E-state index in [4.69, 9.17) is 10.5 Å². The molecule has 4 nitrogen and oxygen atoms in total. The molecule has 0 aliphatic carbocycles. The molecule has 2 aromatic carbocycles. The fourth-order valence-electron chi connectivity index (χ4n) is 2.98. The molecular formula is C19H22N2O2. The summed E-state index contributed by atoms with van der Waals surface area (Å²) in [7, 11) is 0. The number of nitrogens with two attached hydrogens (primary N) is 1. The second-order valence-electron chi connectivity index (χ2n) is 5.98. The van der Waals surface area contributed by atoms with Crippen LogP contribution in [-0.4, -0.2) is 30.0 Å². The Bertz CT molecular complexity index is 645. The Balaban J connectivity index is 1.75. The van der Waals surface area contributed by atoms with Gasteiger partial charge in [-0.05, 0) is 18.1 Å². The van der Waals surface area contributed by atoms with Gasteiger partial charge in [0.2, 0.25) is 5.91 Å². The highest BCUT2D eigenvalue weighted by Crippen LogP contribution is 2.26. The summed E-state index contributed by atoms with van der Waals surface area (Å²) in [4.78, 5) is 14.6. The fraction of sp³-hybridized carbons (Fsp3) is 0.316. The highest BCUT2D eigenvalue weighted by Gasteiger charge is 2.32. The lowest BCUT2D eigenvalue weighted by Crippen LogP contribution is -2.48. The largest absolute Gasteiger partial charge is 0.367 e. The van der Waals surface area contributed by atoms with Crippen LogP contribution < -0.4 is 5.73 Å². The monoisotopic (exact) mass is 310 g/mol. The van der Waals surface area contributed by atoms with Crippen LogP contribution in [0, 0.1) is 0 Å². The number of nitrogens with zero attached hydrogens (tertiary/aromatic N) is 1. The summed E-state index contributed by atoms with van der Waals surface area (Å²) >= 11 is 0. The molecule has 2 aromatic rings. The minimum atomic E-state index is -0.627. The summed E-state index contributed by atoms with van der Waals surface area (Å²) in [5, 5.41) is 0. The second kappa shape index (κ2) is 6.94. The third-order valence-corrected chi connectivity index (χ3v) is 4.17. The zero-order valence-electron chi connectivity index (χ0n) is 13.3. The zero-order chi connectivity index (χ0) is 16.2. The maximum atomic E-state index is 12.8. The Morgan fingerprint density at radius 1 is 1.09 bits per heavy atom. The van der Waals surface area contributed by atoms with Gasteiger partial charge in [0.15, 0.2) is 0 Å². The molecule has 1 amide bonds. The summed E-state index contributed by atoms with van der Waals surface area (Å²) in [5.41, 5.74) is 8.10. The minimum Gasteiger partial charge on any atom is -0.367 e. The van der Waals surface area contributed by atoms with Crippen molar-refractivity contribution >= 4 is 5.91 Å². The van der Waals surface area contributed by atoms with Gasteiger partial charge < -0.3 is 15.4 Å². The lowest BCUT2D eigenvalue weighted by molar-refractivity contribution is -0.146. The summed E-state index contributed by atoms with van der Waals surface area (Å²) in [6.45, 7) is 3.10. The van der Waals surface area contributed by atoms with E-state index in [9.17, 15) is 4.79 Å². The standard InChI is InChI=1S/C19H22N2O2/c1-14-12-21(13-17(23-14)15-8-4-2-5-9-15)19(22)18(20)16-10-6-3-7-11-16/h2-11,14,17-18H,12-13,20H2,1H3. The lowest BCUT2D eigenvalue weighted by atomic mass is 10.0. The molecular weight excluding hydrogens is 288 g/mol. The van der Waals surface area contributed by atoms with Gasteiger partial charge in [0.05, 0.1) is 12.6 Å². The van der Waals surface area contributed by atoms with Crippen molar-refractivity contribution in [3.8, 4) is 0 Å². The molecule has 3 unspecified atom stereocenters. The van der Waals surface area contributed by atoms with Crippen molar-refractivity contribution in [3.63, 3.8) is 0 Å². The number of hydrogen-bond acceptors (Lipinski definition) is 3. The molecule has 23 heavy (non-hydrogen) atoms. The van der Waals surface area contributed by atoms with Gasteiger partial charge in [0.25, 0.3) is 0 Å². The van der Waals surface area contributed by atoms with Crippen LogP contribution in [0.5, 0.6) is 0 Å². The third kappa shape index (κ3) is 3.60. The number of benzene rings is 2. The summed E-state index contributed by atoms with van der Waals surface area (Å²) in [6, 6.07) is 18.9. The first-order chi connectivity index (χ1) is 11.1. The van der Waals surface area contributed by atoms with Crippen LogP contribution in [0.15, 0.2) is 60.7 Å². The lowest BCUT2D eigenvalue weighted by Gasteiger charge is -2.38. The van der Waals surface area contributed by atoms with Gasteiger partial charge in [-0.1, -0.05) is 60.7 Å². The number of carbonyl (C=O) groups is 1. The van der Waals surface area contributed by atoms with Gasteiger partial charge in [-0.15, -0.1) is 0 Å². The van der Waals surface area contributed by atoms with Gasteiger partial charge in [0, 0.05) is 6.54 Å². The van der Waals surface area contributed by atoms with E-state index in [1.807, 2.05) is 72.5 Å². The van der Waals surface area contributed by atoms with Gasteiger partial charge in [-0.2, -0.15) is 0 Å². The average molecular weight is 310 g/mol. The molecule has 0 radical (unpaired) electrons. The molecule has 0 saturated carbocycles. The van der Waals surface area contributed by atoms with Crippen molar-refractivity contribution in [1.29, 1.82) is 0 Å². The third-order valence-electron chi connectivity index (χ3n) is 4.17. The number of ether oxygens (including phenoxy) is 1. The average Bonchev–Trinajstić information content (AvgIpc) is 2.61. The topological polar surface area (TPSA) is 55.6 Å². The maximum absolute atomic E-state index is 12.8. The molecule has 1 saturated heterocycles. The molecule has 1 aliphatic rings. The molecule has 2 N–H and O–H groups in total. The molecule has 3 rings (SSSR count). The molecule has 4 heteroatoms. The Labute approximate surface area is 136 Å². The maximum Gasteiger partial charge on any atom is 0.244 e. The van der Waals surface area contributed by atoms with Crippen LogP contribution in [0.25, 0.3) is 0 Å². The number of carbonyl (C=O) groups excluding carboxylic acids is 1. The van der Waals surface area contributed by atoms with E-state index < -0.39 is 6.04 Å². The first kappa shape index (κ1) is 15.7. The van der Waals surface area contributed by atoms with E-state index in [-0.39, 0.29) is 18.1 Å². The molecule has 0 aromatic heterocycles.